The van der Waals surface area contributed by atoms with Crippen molar-refractivity contribution < 1.29 is 14.6 Å². The number of rotatable bonds is 4. The lowest BCUT2D eigenvalue weighted by Gasteiger charge is -2.09. The number of pyridine rings is 1. The summed E-state index contributed by atoms with van der Waals surface area (Å²) in [6, 6.07) is 2.96. The van der Waals surface area contributed by atoms with Gasteiger partial charge in [0.1, 0.15) is 0 Å². The van der Waals surface area contributed by atoms with Gasteiger partial charge in [-0.15, -0.1) is 0 Å². The Balaban J connectivity index is 2.76. The topological polar surface area (TPSA) is 85.4 Å². The number of carbonyl (C=O) groups is 1. The van der Waals surface area contributed by atoms with Crippen molar-refractivity contribution in [3.8, 4) is 0 Å². The summed E-state index contributed by atoms with van der Waals surface area (Å²) in [5.41, 5.74) is 6.76. The van der Waals surface area contributed by atoms with Gasteiger partial charge in [0.25, 0.3) is 0 Å². The number of nitrogens with zero attached hydrogens (tertiary/aromatic N) is 1. The highest BCUT2D eigenvalue weighted by atomic mass is 16.5. The molecule has 0 spiro atoms. The Morgan fingerprint density at radius 3 is 2.87 bits per heavy atom. The van der Waals surface area contributed by atoms with Crippen LogP contribution < -0.4 is 5.73 Å². The Morgan fingerprint density at radius 2 is 2.40 bits per heavy atom. The van der Waals surface area contributed by atoms with E-state index in [2.05, 4.69) is 9.72 Å². The third-order valence-corrected chi connectivity index (χ3v) is 2.03. The molecular weight excluding hydrogens is 196 g/mol. The third-order valence-electron chi connectivity index (χ3n) is 2.03. The second-order valence-corrected chi connectivity index (χ2v) is 3.08. The number of hydrogen-bond donors (Lipinski definition) is 2. The predicted molar refractivity (Wildman–Crippen MR) is 54.2 cm³/mol. The maximum absolute atomic E-state index is 11.1. The number of aliphatic hydroxyl groups excluding tert-OH is 1. The zero-order chi connectivity index (χ0) is 11.3. The first-order valence-electron chi connectivity index (χ1n) is 4.59. The molecule has 0 saturated heterocycles. The van der Waals surface area contributed by atoms with E-state index >= 15 is 0 Å². The molecule has 0 saturated carbocycles. The maximum Gasteiger partial charge on any atom is 0.339 e. The summed E-state index contributed by atoms with van der Waals surface area (Å²) in [7, 11) is 1.31. The second kappa shape index (κ2) is 5.43. The molecule has 0 aromatic carbocycles. The van der Waals surface area contributed by atoms with Crippen LogP contribution in [0.5, 0.6) is 0 Å². The minimum Gasteiger partial charge on any atom is -0.465 e. The van der Waals surface area contributed by atoms with Crippen LogP contribution in [-0.4, -0.2) is 29.8 Å². The number of carbonyl (C=O) groups excluding carboxylic acids is 1. The molecule has 3 N–H and O–H groups in total. The number of hydrogen-bond acceptors (Lipinski definition) is 5. The molecule has 0 fully saturated rings. The molecule has 0 amide bonds. The van der Waals surface area contributed by atoms with Crippen LogP contribution in [0.25, 0.3) is 0 Å². The molecule has 15 heavy (non-hydrogen) atoms. The van der Waals surface area contributed by atoms with Gasteiger partial charge in [0.05, 0.1) is 18.4 Å². The molecule has 5 heteroatoms. The van der Waals surface area contributed by atoms with Crippen LogP contribution in [-0.2, 0) is 4.74 Å². The van der Waals surface area contributed by atoms with E-state index in [-0.39, 0.29) is 12.6 Å². The van der Waals surface area contributed by atoms with Crippen molar-refractivity contribution in [2.45, 2.75) is 12.5 Å². The largest absolute Gasteiger partial charge is 0.465 e. The Labute approximate surface area is 87.9 Å². The van der Waals surface area contributed by atoms with E-state index in [1.165, 1.54) is 13.3 Å². The fraction of sp³-hybridized carbons (Fsp3) is 0.400. The quantitative estimate of drug-likeness (QED) is 0.696. The second-order valence-electron chi connectivity index (χ2n) is 3.08. The van der Waals surface area contributed by atoms with Crippen LogP contribution in [0.1, 0.15) is 28.5 Å². The lowest BCUT2D eigenvalue weighted by atomic mass is 10.1. The summed E-state index contributed by atoms with van der Waals surface area (Å²) in [5.74, 6) is -0.426. The monoisotopic (exact) mass is 210 g/mol. The molecule has 1 heterocycles. The molecule has 1 aromatic rings. The molecular formula is C10H14N2O3. The highest BCUT2D eigenvalue weighted by Gasteiger charge is 2.09. The number of esters is 1. The van der Waals surface area contributed by atoms with E-state index in [0.29, 0.717) is 17.7 Å². The van der Waals surface area contributed by atoms with Crippen LogP contribution in [0, 0.1) is 0 Å². The zero-order valence-corrected chi connectivity index (χ0v) is 8.51. The zero-order valence-electron chi connectivity index (χ0n) is 8.51. The first kappa shape index (κ1) is 11.6. The SMILES string of the molecule is COC(=O)c1ccc(C(N)CCO)nc1. The Morgan fingerprint density at radius 1 is 1.67 bits per heavy atom. The van der Waals surface area contributed by atoms with Crippen molar-refractivity contribution >= 4 is 5.97 Å². The molecule has 82 valence electrons. The van der Waals surface area contributed by atoms with Crippen LogP contribution in [0.3, 0.4) is 0 Å². The number of aromatic nitrogens is 1. The maximum atomic E-state index is 11.1. The molecule has 1 rings (SSSR count). The van der Waals surface area contributed by atoms with Crippen molar-refractivity contribution in [2.75, 3.05) is 13.7 Å². The van der Waals surface area contributed by atoms with Gasteiger partial charge in [-0.05, 0) is 18.6 Å². The fourth-order valence-corrected chi connectivity index (χ4v) is 1.15. The van der Waals surface area contributed by atoms with E-state index in [0.717, 1.165) is 0 Å². The third kappa shape index (κ3) is 3.00. The normalized spacial score (nSPS) is 12.2. The first-order chi connectivity index (χ1) is 7.19. The van der Waals surface area contributed by atoms with Gasteiger partial charge < -0.3 is 15.6 Å². The van der Waals surface area contributed by atoms with Gasteiger partial charge in [-0.3, -0.25) is 4.98 Å². The molecule has 0 aliphatic carbocycles. The number of methoxy groups -OCH3 is 1. The lowest BCUT2D eigenvalue weighted by Crippen LogP contribution is -2.14. The summed E-state index contributed by atoms with van der Waals surface area (Å²) < 4.78 is 4.53. The van der Waals surface area contributed by atoms with Gasteiger partial charge in [0.2, 0.25) is 0 Å². The standard InChI is InChI=1S/C10H14N2O3/c1-15-10(14)7-2-3-9(12-6-7)8(11)4-5-13/h2-3,6,8,13H,4-5,11H2,1H3. The number of ether oxygens (including phenoxy) is 1. The first-order valence-corrected chi connectivity index (χ1v) is 4.59. The molecule has 0 radical (unpaired) electrons. The minimum absolute atomic E-state index is 0.0155. The molecule has 1 aromatic heterocycles. The van der Waals surface area contributed by atoms with Crippen molar-refractivity contribution in [2.24, 2.45) is 5.73 Å². The van der Waals surface area contributed by atoms with Gasteiger partial charge >= 0.3 is 5.97 Å². The number of aliphatic hydroxyl groups is 1. The van der Waals surface area contributed by atoms with Gasteiger partial charge in [-0.25, -0.2) is 4.79 Å². The van der Waals surface area contributed by atoms with Crippen molar-refractivity contribution in [1.82, 2.24) is 4.98 Å². The van der Waals surface area contributed by atoms with E-state index in [9.17, 15) is 4.79 Å². The summed E-state index contributed by atoms with van der Waals surface area (Å²) in [4.78, 5) is 15.1. The molecule has 0 aliphatic heterocycles. The van der Waals surface area contributed by atoms with Crippen LogP contribution >= 0.6 is 0 Å². The smallest absolute Gasteiger partial charge is 0.339 e. The molecule has 1 atom stereocenters. The highest BCUT2D eigenvalue weighted by Crippen LogP contribution is 2.11. The predicted octanol–water partition coefficient (Wildman–Crippen LogP) is 0.250. The summed E-state index contributed by atoms with van der Waals surface area (Å²) in [5, 5.41) is 8.70. The van der Waals surface area contributed by atoms with E-state index in [4.69, 9.17) is 10.8 Å². The van der Waals surface area contributed by atoms with Crippen molar-refractivity contribution in [3.05, 3.63) is 29.6 Å². The van der Waals surface area contributed by atoms with Crippen LogP contribution in [0.15, 0.2) is 18.3 Å². The minimum atomic E-state index is -0.426. The fourth-order valence-electron chi connectivity index (χ4n) is 1.15. The van der Waals surface area contributed by atoms with E-state index < -0.39 is 5.97 Å². The number of nitrogens with two attached hydrogens (primary N) is 1. The summed E-state index contributed by atoms with van der Waals surface area (Å²) in [6.45, 7) is 0.0155. The molecule has 0 aliphatic rings. The van der Waals surface area contributed by atoms with Crippen LogP contribution in [0.4, 0.5) is 0 Å². The van der Waals surface area contributed by atoms with Crippen molar-refractivity contribution in [1.29, 1.82) is 0 Å². The molecule has 1 unspecified atom stereocenters. The summed E-state index contributed by atoms with van der Waals surface area (Å²) in [6.07, 6.45) is 1.86. The average Bonchev–Trinajstić information content (AvgIpc) is 2.28. The van der Waals surface area contributed by atoms with Gasteiger partial charge in [0.15, 0.2) is 0 Å². The highest BCUT2D eigenvalue weighted by molar-refractivity contribution is 5.88. The van der Waals surface area contributed by atoms with Gasteiger partial charge in [-0.1, -0.05) is 0 Å². The summed E-state index contributed by atoms with van der Waals surface area (Å²) >= 11 is 0. The average molecular weight is 210 g/mol. The lowest BCUT2D eigenvalue weighted by molar-refractivity contribution is 0.0600. The van der Waals surface area contributed by atoms with E-state index in [1.807, 2.05) is 0 Å². The van der Waals surface area contributed by atoms with Crippen molar-refractivity contribution in [3.63, 3.8) is 0 Å². The Kier molecular flexibility index (Phi) is 4.20. The van der Waals surface area contributed by atoms with Crippen LogP contribution in [0.2, 0.25) is 0 Å². The molecule has 5 nitrogen and oxygen atoms in total. The Hall–Kier alpha value is -1.46. The van der Waals surface area contributed by atoms with Gasteiger partial charge in [-0.2, -0.15) is 0 Å². The molecule has 0 bridgehead atoms. The Bertz CT molecular complexity index is 324. The van der Waals surface area contributed by atoms with Gasteiger partial charge in [0, 0.05) is 18.8 Å². The van der Waals surface area contributed by atoms with E-state index in [1.54, 1.807) is 12.1 Å².